The van der Waals surface area contributed by atoms with E-state index in [2.05, 4.69) is 25.8 Å². The molecule has 7 nitrogen and oxygen atoms in total. The third kappa shape index (κ3) is 3.93. The van der Waals surface area contributed by atoms with Crippen LogP contribution in [0.1, 0.15) is 5.56 Å². The van der Waals surface area contributed by atoms with Gasteiger partial charge in [-0.3, -0.25) is 4.79 Å². The molecular formula is C21H19N5O2. The van der Waals surface area contributed by atoms with E-state index in [0.29, 0.717) is 11.6 Å². The minimum atomic E-state index is -0.144. The van der Waals surface area contributed by atoms with E-state index in [0.717, 1.165) is 27.9 Å². The molecule has 2 heterocycles. The lowest BCUT2D eigenvalue weighted by molar-refractivity contribution is -0.115. The topological polar surface area (TPSA) is 91.9 Å². The number of H-pyrrole nitrogens is 1. The van der Waals surface area contributed by atoms with Crippen molar-refractivity contribution in [1.82, 2.24) is 15.2 Å². The molecule has 0 saturated heterocycles. The first-order valence-electron chi connectivity index (χ1n) is 8.81. The second-order valence-corrected chi connectivity index (χ2v) is 6.24. The second-order valence-electron chi connectivity index (χ2n) is 6.24. The van der Waals surface area contributed by atoms with Gasteiger partial charge in [0.25, 0.3) is 0 Å². The van der Waals surface area contributed by atoms with Gasteiger partial charge in [0.1, 0.15) is 5.75 Å². The summed E-state index contributed by atoms with van der Waals surface area (Å²) in [4.78, 5) is 15.5. The average Bonchev–Trinajstić information content (AvgIpc) is 3.13. The molecule has 4 aromatic rings. The van der Waals surface area contributed by atoms with Crippen molar-refractivity contribution in [1.29, 1.82) is 0 Å². The van der Waals surface area contributed by atoms with Crippen LogP contribution in [0.2, 0.25) is 0 Å². The van der Waals surface area contributed by atoms with Crippen molar-refractivity contribution >= 4 is 34.1 Å². The largest absolute Gasteiger partial charge is 0.497 e. The predicted molar refractivity (Wildman–Crippen MR) is 109 cm³/mol. The van der Waals surface area contributed by atoms with Gasteiger partial charge in [0.15, 0.2) is 11.6 Å². The number of hydrogen-bond acceptors (Lipinski definition) is 5. The number of fused-ring (bicyclic) bond motifs is 1. The van der Waals surface area contributed by atoms with E-state index in [1.807, 2.05) is 54.7 Å². The van der Waals surface area contributed by atoms with Gasteiger partial charge in [-0.15, -0.1) is 10.2 Å². The number of nitrogens with zero attached hydrogens (tertiary/aromatic N) is 2. The summed E-state index contributed by atoms with van der Waals surface area (Å²) in [6.45, 7) is 0. The summed E-state index contributed by atoms with van der Waals surface area (Å²) >= 11 is 0. The van der Waals surface area contributed by atoms with Crippen LogP contribution in [0.4, 0.5) is 17.3 Å². The van der Waals surface area contributed by atoms with Gasteiger partial charge < -0.3 is 20.4 Å². The number of anilines is 3. The van der Waals surface area contributed by atoms with Gasteiger partial charge in [0, 0.05) is 22.8 Å². The molecule has 0 atom stereocenters. The van der Waals surface area contributed by atoms with Gasteiger partial charge in [0.05, 0.1) is 13.5 Å². The first-order chi connectivity index (χ1) is 13.7. The normalized spacial score (nSPS) is 10.6. The van der Waals surface area contributed by atoms with Crippen LogP contribution in [0.15, 0.2) is 66.9 Å². The Morgan fingerprint density at radius 3 is 2.50 bits per heavy atom. The number of hydrogen-bond donors (Lipinski definition) is 3. The Kier molecular flexibility index (Phi) is 4.88. The van der Waals surface area contributed by atoms with Crippen LogP contribution in [0, 0.1) is 0 Å². The number of methoxy groups -OCH3 is 1. The number of carbonyl (C=O) groups is 1. The quantitative estimate of drug-likeness (QED) is 0.477. The highest BCUT2D eigenvalue weighted by molar-refractivity contribution is 5.95. The lowest BCUT2D eigenvalue weighted by atomic mass is 10.1. The van der Waals surface area contributed by atoms with Crippen LogP contribution >= 0.6 is 0 Å². The molecule has 7 heteroatoms. The number of carbonyl (C=O) groups excluding carboxylic acids is 1. The van der Waals surface area contributed by atoms with E-state index in [1.165, 1.54) is 0 Å². The number of benzene rings is 2. The molecule has 0 aliphatic carbocycles. The van der Waals surface area contributed by atoms with E-state index < -0.39 is 0 Å². The number of amides is 1. The molecule has 4 rings (SSSR count). The van der Waals surface area contributed by atoms with E-state index in [4.69, 9.17) is 4.74 Å². The summed E-state index contributed by atoms with van der Waals surface area (Å²) < 4.78 is 5.14. The molecule has 3 N–H and O–H groups in total. The molecule has 0 unspecified atom stereocenters. The highest BCUT2D eigenvalue weighted by Gasteiger charge is 2.10. The van der Waals surface area contributed by atoms with E-state index in [-0.39, 0.29) is 12.3 Å². The Hall–Kier alpha value is -3.87. The molecular weight excluding hydrogens is 354 g/mol. The van der Waals surface area contributed by atoms with Crippen molar-refractivity contribution in [2.45, 2.75) is 6.42 Å². The van der Waals surface area contributed by atoms with Crippen molar-refractivity contribution in [2.24, 2.45) is 0 Å². The number of aromatic nitrogens is 3. The van der Waals surface area contributed by atoms with E-state index >= 15 is 0 Å². The summed E-state index contributed by atoms with van der Waals surface area (Å²) in [5.74, 6) is 1.63. The lowest BCUT2D eigenvalue weighted by Crippen LogP contribution is -2.15. The first kappa shape index (κ1) is 17.5. The molecule has 0 saturated carbocycles. The Morgan fingerprint density at radius 2 is 1.75 bits per heavy atom. The maximum atomic E-state index is 12.3. The van der Waals surface area contributed by atoms with Gasteiger partial charge >= 0.3 is 0 Å². The second kappa shape index (κ2) is 7.79. The first-order valence-corrected chi connectivity index (χ1v) is 8.81. The van der Waals surface area contributed by atoms with Crippen molar-refractivity contribution in [3.63, 3.8) is 0 Å². The summed E-state index contributed by atoms with van der Waals surface area (Å²) in [5, 5.41) is 15.1. The summed E-state index contributed by atoms with van der Waals surface area (Å²) in [5.41, 5.74) is 2.82. The molecule has 2 aromatic heterocycles. The zero-order valence-electron chi connectivity index (χ0n) is 15.3. The molecule has 0 radical (unpaired) electrons. The van der Waals surface area contributed by atoms with Crippen LogP contribution in [-0.2, 0) is 11.2 Å². The monoisotopic (exact) mass is 373 g/mol. The molecule has 2 aromatic carbocycles. The predicted octanol–water partition coefficient (Wildman–Crippen LogP) is 3.89. The van der Waals surface area contributed by atoms with E-state index in [9.17, 15) is 4.79 Å². The highest BCUT2D eigenvalue weighted by atomic mass is 16.5. The minimum absolute atomic E-state index is 0.144. The van der Waals surface area contributed by atoms with Crippen LogP contribution < -0.4 is 15.4 Å². The van der Waals surface area contributed by atoms with Crippen LogP contribution in [0.25, 0.3) is 10.9 Å². The third-order valence-corrected chi connectivity index (χ3v) is 4.32. The fourth-order valence-electron chi connectivity index (χ4n) is 2.93. The Bertz CT molecular complexity index is 1090. The number of para-hydroxylation sites is 1. The SMILES string of the molecule is COc1ccc(Nc2ccc(NC(=O)Cc3c[nH]c4ccccc34)nn2)cc1. The van der Waals surface area contributed by atoms with E-state index in [1.54, 1.807) is 19.2 Å². The van der Waals surface area contributed by atoms with Crippen LogP contribution in [0.5, 0.6) is 5.75 Å². The summed E-state index contributed by atoms with van der Waals surface area (Å²) in [6, 6.07) is 18.9. The molecule has 0 fully saturated rings. The number of ether oxygens (including phenoxy) is 1. The summed E-state index contributed by atoms with van der Waals surface area (Å²) in [7, 11) is 1.62. The molecule has 1 amide bonds. The number of rotatable bonds is 6. The van der Waals surface area contributed by atoms with Gasteiger partial charge in [-0.25, -0.2) is 0 Å². The van der Waals surface area contributed by atoms with Crippen molar-refractivity contribution < 1.29 is 9.53 Å². The molecule has 0 spiro atoms. The smallest absolute Gasteiger partial charge is 0.230 e. The Labute approximate surface area is 161 Å². The molecule has 0 bridgehead atoms. The maximum Gasteiger partial charge on any atom is 0.230 e. The Balaban J connectivity index is 1.37. The molecule has 0 aliphatic rings. The van der Waals surface area contributed by atoms with Gasteiger partial charge in [-0.2, -0.15) is 0 Å². The molecule has 140 valence electrons. The fourth-order valence-corrected chi connectivity index (χ4v) is 2.93. The summed E-state index contributed by atoms with van der Waals surface area (Å²) in [6.07, 6.45) is 2.12. The van der Waals surface area contributed by atoms with Crippen molar-refractivity contribution in [2.75, 3.05) is 17.7 Å². The van der Waals surface area contributed by atoms with Gasteiger partial charge in [-0.05, 0) is 48.0 Å². The Morgan fingerprint density at radius 1 is 1.00 bits per heavy atom. The number of nitrogens with one attached hydrogen (secondary N) is 3. The molecule has 28 heavy (non-hydrogen) atoms. The van der Waals surface area contributed by atoms with Crippen molar-refractivity contribution in [3.05, 3.63) is 72.4 Å². The average molecular weight is 373 g/mol. The lowest BCUT2D eigenvalue weighted by Gasteiger charge is -2.07. The molecule has 0 aliphatic heterocycles. The van der Waals surface area contributed by atoms with Gasteiger partial charge in [0.2, 0.25) is 5.91 Å². The standard InChI is InChI=1S/C21H19N5O2/c1-28-16-8-6-15(7-9-16)23-19-10-11-20(26-25-19)24-21(27)12-14-13-22-18-5-3-2-4-17(14)18/h2-11,13,22H,12H2,1H3,(H,23,25)(H,24,26,27). The maximum absolute atomic E-state index is 12.3. The fraction of sp³-hybridized carbons (Fsp3) is 0.0952. The highest BCUT2D eigenvalue weighted by Crippen LogP contribution is 2.20. The van der Waals surface area contributed by atoms with Crippen LogP contribution in [0.3, 0.4) is 0 Å². The van der Waals surface area contributed by atoms with Crippen LogP contribution in [-0.4, -0.2) is 28.2 Å². The number of aromatic amines is 1. The van der Waals surface area contributed by atoms with Gasteiger partial charge in [-0.1, -0.05) is 18.2 Å². The van der Waals surface area contributed by atoms with Crippen molar-refractivity contribution in [3.8, 4) is 5.75 Å². The third-order valence-electron chi connectivity index (χ3n) is 4.32. The zero-order chi connectivity index (χ0) is 19.3. The minimum Gasteiger partial charge on any atom is -0.497 e. The zero-order valence-corrected chi connectivity index (χ0v) is 15.3.